The van der Waals surface area contributed by atoms with E-state index in [9.17, 15) is 9.59 Å². The SMILES string of the molecule is CC1C=CC=C(CCCCCCNC(=O)O)C1=O. The maximum Gasteiger partial charge on any atom is 0.404 e. The van der Waals surface area contributed by atoms with Gasteiger partial charge >= 0.3 is 6.09 Å². The highest BCUT2D eigenvalue weighted by Crippen LogP contribution is 2.19. The smallest absolute Gasteiger partial charge is 0.404 e. The van der Waals surface area contributed by atoms with E-state index in [4.69, 9.17) is 5.11 Å². The standard InChI is InChI=1S/C14H21NO3/c1-11-7-6-9-12(13(11)16)8-4-2-3-5-10-15-14(17)18/h6-7,9,11,15H,2-5,8,10H2,1H3,(H,17,18). The molecule has 1 atom stereocenters. The van der Waals surface area contributed by atoms with Crippen LogP contribution in [0.1, 0.15) is 39.0 Å². The van der Waals surface area contributed by atoms with Crippen LogP contribution in [0.3, 0.4) is 0 Å². The summed E-state index contributed by atoms with van der Waals surface area (Å²) in [6.07, 6.45) is 9.53. The number of hydrogen-bond donors (Lipinski definition) is 2. The van der Waals surface area contributed by atoms with Crippen LogP contribution < -0.4 is 5.32 Å². The summed E-state index contributed by atoms with van der Waals surface area (Å²) in [6.45, 7) is 2.43. The van der Waals surface area contributed by atoms with Crippen LogP contribution >= 0.6 is 0 Å². The third-order valence-corrected chi connectivity index (χ3v) is 3.08. The summed E-state index contributed by atoms with van der Waals surface area (Å²) in [4.78, 5) is 22.0. The van der Waals surface area contributed by atoms with Crippen LogP contribution in [-0.4, -0.2) is 23.5 Å². The Morgan fingerprint density at radius 1 is 1.33 bits per heavy atom. The molecule has 0 bridgehead atoms. The maximum absolute atomic E-state index is 11.8. The predicted molar refractivity (Wildman–Crippen MR) is 70.5 cm³/mol. The summed E-state index contributed by atoms with van der Waals surface area (Å²) in [5, 5.41) is 10.7. The quantitative estimate of drug-likeness (QED) is 0.684. The average Bonchev–Trinajstić information content (AvgIpc) is 2.32. The molecule has 0 aromatic carbocycles. The molecule has 0 fully saturated rings. The molecule has 0 aromatic rings. The number of amides is 1. The summed E-state index contributed by atoms with van der Waals surface area (Å²) < 4.78 is 0. The van der Waals surface area contributed by atoms with Crippen molar-refractivity contribution in [1.29, 1.82) is 0 Å². The van der Waals surface area contributed by atoms with E-state index in [1.807, 2.05) is 25.2 Å². The number of allylic oxidation sites excluding steroid dienone is 4. The van der Waals surface area contributed by atoms with Gasteiger partial charge < -0.3 is 10.4 Å². The minimum absolute atomic E-state index is 0.0183. The summed E-state index contributed by atoms with van der Waals surface area (Å²) in [5.74, 6) is 0.259. The second-order valence-corrected chi connectivity index (χ2v) is 4.63. The maximum atomic E-state index is 11.8. The molecule has 0 spiro atoms. The first-order chi connectivity index (χ1) is 8.61. The molecule has 18 heavy (non-hydrogen) atoms. The Kier molecular flexibility index (Phi) is 6.19. The summed E-state index contributed by atoms with van der Waals surface area (Å²) in [7, 11) is 0. The van der Waals surface area contributed by atoms with Crippen LogP contribution in [0.4, 0.5) is 4.79 Å². The fraction of sp³-hybridized carbons (Fsp3) is 0.571. The lowest BCUT2D eigenvalue weighted by atomic mass is 9.91. The van der Waals surface area contributed by atoms with Crippen molar-refractivity contribution in [2.24, 2.45) is 5.92 Å². The van der Waals surface area contributed by atoms with Crippen molar-refractivity contribution in [2.75, 3.05) is 6.54 Å². The van der Waals surface area contributed by atoms with Crippen LogP contribution in [0, 0.1) is 5.92 Å². The van der Waals surface area contributed by atoms with Crippen molar-refractivity contribution >= 4 is 11.9 Å². The van der Waals surface area contributed by atoms with Crippen LogP contribution in [0.15, 0.2) is 23.8 Å². The zero-order valence-corrected chi connectivity index (χ0v) is 10.8. The van der Waals surface area contributed by atoms with Gasteiger partial charge in [0.05, 0.1) is 0 Å². The van der Waals surface area contributed by atoms with E-state index in [0.29, 0.717) is 6.54 Å². The Hall–Kier alpha value is -1.58. The number of rotatable bonds is 7. The number of hydrogen-bond acceptors (Lipinski definition) is 2. The third-order valence-electron chi connectivity index (χ3n) is 3.08. The molecule has 0 aliphatic heterocycles. The molecular weight excluding hydrogens is 230 g/mol. The number of unbranched alkanes of at least 4 members (excludes halogenated alkanes) is 3. The Morgan fingerprint density at radius 2 is 2.06 bits per heavy atom. The lowest BCUT2D eigenvalue weighted by Crippen LogP contribution is -2.21. The molecule has 1 aliphatic carbocycles. The van der Waals surface area contributed by atoms with Crippen LogP contribution in [0.2, 0.25) is 0 Å². The van der Waals surface area contributed by atoms with Gasteiger partial charge in [-0.05, 0) is 24.8 Å². The molecule has 0 radical (unpaired) electrons. The average molecular weight is 251 g/mol. The fourth-order valence-corrected chi connectivity index (χ4v) is 2.00. The molecule has 2 N–H and O–H groups in total. The number of carbonyl (C=O) groups is 2. The second-order valence-electron chi connectivity index (χ2n) is 4.63. The predicted octanol–water partition coefficient (Wildman–Crippen LogP) is 2.91. The molecule has 4 heteroatoms. The molecule has 0 saturated heterocycles. The minimum atomic E-state index is -0.964. The summed E-state index contributed by atoms with van der Waals surface area (Å²) in [5.41, 5.74) is 0.925. The zero-order valence-electron chi connectivity index (χ0n) is 10.8. The number of nitrogens with one attached hydrogen (secondary N) is 1. The molecule has 1 amide bonds. The van der Waals surface area contributed by atoms with Gasteiger partial charge in [-0.25, -0.2) is 4.79 Å². The minimum Gasteiger partial charge on any atom is -0.465 e. The summed E-state index contributed by atoms with van der Waals surface area (Å²) >= 11 is 0. The van der Waals surface area contributed by atoms with Gasteiger partial charge in [-0.3, -0.25) is 4.79 Å². The third kappa shape index (κ3) is 5.17. The topological polar surface area (TPSA) is 66.4 Å². The monoisotopic (exact) mass is 251 g/mol. The Morgan fingerprint density at radius 3 is 2.78 bits per heavy atom. The van der Waals surface area contributed by atoms with Gasteiger partial charge in [-0.15, -0.1) is 0 Å². The van der Waals surface area contributed by atoms with E-state index < -0.39 is 6.09 Å². The molecule has 4 nitrogen and oxygen atoms in total. The molecule has 100 valence electrons. The van der Waals surface area contributed by atoms with Crippen LogP contribution in [0.5, 0.6) is 0 Å². The van der Waals surface area contributed by atoms with E-state index in [0.717, 1.165) is 37.7 Å². The number of carboxylic acid groups (broad SMARTS) is 1. The normalized spacial score (nSPS) is 18.6. The van der Waals surface area contributed by atoms with Crippen molar-refractivity contribution in [3.05, 3.63) is 23.8 Å². The van der Waals surface area contributed by atoms with Crippen molar-refractivity contribution < 1.29 is 14.7 Å². The molecule has 1 aliphatic rings. The second kappa shape index (κ2) is 7.69. The highest BCUT2D eigenvalue weighted by atomic mass is 16.4. The first-order valence-electron chi connectivity index (χ1n) is 6.49. The van der Waals surface area contributed by atoms with E-state index in [1.165, 1.54) is 0 Å². The molecule has 1 unspecified atom stereocenters. The number of ketones is 1. The van der Waals surface area contributed by atoms with Crippen molar-refractivity contribution in [2.45, 2.75) is 39.0 Å². The molecular formula is C14H21NO3. The first-order valence-corrected chi connectivity index (χ1v) is 6.49. The number of carbonyl (C=O) groups excluding carboxylic acids is 1. The highest BCUT2D eigenvalue weighted by molar-refractivity contribution is 5.99. The van der Waals surface area contributed by atoms with E-state index in [1.54, 1.807) is 0 Å². The molecule has 0 saturated carbocycles. The first kappa shape index (κ1) is 14.5. The molecule has 1 rings (SSSR count). The van der Waals surface area contributed by atoms with Gasteiger partial charge in [0.25, 0.3) is 0 Å². The fourth-order valence-electron chi connectivity index (χ4n) is 2.00. The van der Waals surface area contributed by atoms with Gasteiger partial charge in [0.2, 0.25) is 0 Å². The van der Waals surface area contributed by atoms with E-state index >= 15 is 0 Å². The Balaban J connectivity index is 2.08. The zero-order chi connectivity index (χ0) is 13.4. The molecule has 0 aromatic heterocycles. The van der Waals surface area contributed by atoms with Crippen molar-refractivity contribution in [3.63, 3.8) is 0 Å². The Bertz CT molecular complexity index is 358. The lowest BCUT2D eigenvalue weighted by molar-refractivity contribution is -0.117. The van der Waals surface area contributed by atoms with E-state index in [2.05, 4.69) is 5.32 Å². The number of Topliss-reactive ketones (excluding diaryl/α,β-unsaturated/α-hetero) is 1. The largest absolute Gasteiger partial charge is 0.465 e. The van der Waals surface area contributed by atoms with Gasteiger partial charge in [0.1, 0.15) is 0 Å². The van der Waals surface area contributed by atoms with Gasteiger partial charge in [0, 0.05) is 12.5 Å². The van der Waals surface area contributed by atoms with Crippen LogP contribution in [-0.2, 0) is 4.79 Å². The van der Waals surface area contributed by atoms with Crippen molar-refractivity contribution in [3.8, 4) is 0 Å². The Labute approximate surface area is 108 Å². The highest BCUT2D eigenvalue weighted by Gasteiger charge is 2.16. The van der Waals surface area contributed by atoms with Crippen molar-refractivity contribution in [1.82, 2.24) is 5.32 Å². The van der Waals surface area contributed by atoms with Gasteiger partial charge in [-0.1, -0.05) is 38.0 Å². The summed E-state index contributed by atoms with van der Waals surface area (Å²) in [6, 6.07) is 0. The van der Waals surface area contributed by atoms with E-state index in [-0.39, 0.29) is 11.7 Å². The lowest BCUT2D eigenvalue weighted by Gasteiger charge is -2.13. The van der Waals surface area contributed by atoms with Crippen LogP contribution in [0.25, 0.3) is 0 Å². The van der Waals surface area contributed by atoms with Gasteiger partial charge in [-0.2, -0.15) is 0 Å². The van der Waals surface area contributed by atoms with Gasteiger partial charge in [0.15, 0.2) is 5.78 Å². The molecule has 0 heterocycles.